The molecule has 1 aromatic carbocycles. The fourth-order valence-electron chi connectivity index (χ4n) is 5.36. The van der Waals surface area contributed by atoms with Crippen LogP contribution in [-0.4, -0.2) is 89.5 Å². The van der Waals surface area contributed by atoms with Gasteiger partial charge in [-0.3, -0.25) is 4.90 Å². The van der Waals surface area contributed by atoms with Gasteiger partial charge >= 0.3 is 0 Å². The zero-order chi connectivity index (χ0) is 26.6. The monoisotopic (exact) mass is 532 g/mol. The number of piperazine rings is 1. The molecule has 0 radical (unpaired) electrons. The van der Waals surface area contributed by atoms with Crippen LogP contribution in [0.4, 0.5) is 11.5 Å². The van der Waals surface area contributed by atoms with E-state index in [2.05, 4.69) is 38.6 Å². The summed E-state index contributed by atoms with van der Waals surface area (Å²) >= 11 is 0. The molecule has 11 nitrogen and oxygen atoms in total. The summed E-state index contributed by atoms with van der Waals surface area (Å²) in [4.78, 5) is 11.9. The Hall–Kier alpha value is -3.83. The number of fused-ring (bicyclic) bond motifs is 2. The molecular weight excluding hydrogens is 496 g/mol. The van der Waals surface area contributed by atoms with Gasteiger partial charge in [-0.05, 0) is 42.8 Å². The zero-order valence-corrected chi connectivity index (χ0v) is 22.7. The van der Waals surface area contributed by atoms with E-state index in [9.17, 15) is 0 Å². The third-order valence-corrected chi connectivity index (χ3v) is 7.46. The van der Waals surface area contributed by atoms with Crippen molar-refractivity contribution in [1.82, 2.24) is 29.4 Å². The minimum atomic E-state index is 0.567. The second-order valence-corrected chi connectivity index (χ2v) is 10.0. The molecule has 11 heteroatoms. The van der Waals surface area contributed by atoms with Crippen molar-refractivity contribution in [3.63, 3.8) is 0 Å². The minimum Gasteiger partial charge on any atom is -0.491 e. The molecule has 0 aliphatic carbocycles. The second-order valence-electron chi connectivity index (χ2n) is 10.0. The molecule has 4 aromatic rings. The van der Waals surface area contributed by atoms with Gasteiger partial charge in [0.05, 0.1) is 25.6 Å². The van der Waals surface area contributed by atoms with Crippen LogP contribution in [-0.2, 0) is 30.8 Å². The van der Waals surface area contributed by atoms with Gasteiger partial charge in [0.25, 0.3) is 0 Å². The molecule has 3 aromatic heterocycles. The van der Waals surface area contributed by atoms with Crippen LogP contribution in [0.15, 0.2) is 53.3 Å². The van der Waals surface area contributed by atoms with Crippen LogP contribution >= 0.6 is 0 Å². The van der Waals surface area contributed by atoms with E-state index >= 15 is 0 Å². The van der Waals surface area contributed by atoms with Crippen LogP contribution in [0.5, 0.6) is 5.75 Å². The predicted octanol–water partition coefficient (Wildman–Crippen LogP) is 2.77. The number of aromatic nitrogens is 5. The first-order chi connectivity index (χ1) is 19.2. The molecule has 0 bridgehead atoms. The Kier molecular flexibility index (Phi) is 7.51. The van der Waals surface area contributed by atoms with E-state index in [1.54, 1.807) is 13.4 Å². The van der Waals surface area contributed by atoms with Gasteiger partial charge in [-0.25, -0.2) is 14.3 Å². The first kappa shape index (κ1) is 25.4. The van der Waals surface area contributed by atoms with Gasteiger partial charge < -0.3 is 23.7 Å². The third-order valence-electron chi connectivity index (χ3n) is 7.46. The van der Waals surface area contributed by atoms with Gasteiger partial charge in [-0.1, -0.05) is 0 Å². The second kappa shape index (κ2) is 11.5. The smallest absolute Gasteiger partial charge is 0.217 e. The summed E-state index contributed by atoms with van der Waals surface area (Å²) in [5.41, 5.74) is 2.50. The van der Waals surface area contributed by atoms with E-state index < -0.39 is 0 Å². The lowest BCUT2D eigenvalue weighted by Gasteiger charge is -2.36. The number of hydrogen-bond acceptors (Lipinski definition) is 9. The Bertz CT molecular complexity index is 1340. The highest BCUT2D eigenvalue weighted by Gasteiger charge is 2.24. The summed E-state index contributed by atoms with van der Waals surface area (Å²) in [6.45, 7) is 7.69. The Labute approximate surface area is 228 Å². The summed E-state index contributed by atoms with van der Waals surface area (Å²) in [7, 11) is 3.79. The van der Waals surface area contributed by atoms with Crippen LogP contribution in [0.3, 0.4) is 0 Å². The standard InChI is InChI=1S/C28H36N8O3/c1-32-21-36-26(30-27(31-36)25-4-3-17-39-25)10-5-22-20-29-35(28(22)32)16-13-33-11-14-34(15-12-33)23-6-8-24(9-7-23)38-19-18-37-2/h3-4,6-9,17,20H,5,10-16,18-19,21H2,1-2H3. The largest absolute Gasteiger partial charge is 0.491 e. The van der Waals surface area contributed by atoms with Crippen molar-refractivity contribution in [1.29, 1.82) is 0 Å². The molecule has 2 aliphatic heterocycles. The molecule has 0 amide bonds. The molecule has 0 unspecified atom stereocenters. The average molecular weight is 533 g/mol. The highest BCUT2D eigenvalue weighted by molar-refractivity contribution is 5.50. The Balaban J connectivity index is 1.03. The van der Waals surface area contributed by atoms with Crippen molar-refractivity contribution in [2.24, 2.45) is 0 Å². The highest BCUT2D eigenvalue weighted by atomic mass is 16.5. The maximum atomic E-state index is 5.69. The number of benzene rings is 1. The molecule has 0 saturated carbocycles. The number of methoxy groups -OCH3 is 1. The predicted molar refractivity (Wildman–Crippen MR) is 148 cm³/mol. The Morgan fingerprint density at radius 2 is 1.82 bits per heavy atom. The SMILES string of the molecule is COCCOc1ccc(N2CCN(CCn3ncc4c3N(C)Cn3nc(-c5ccco5)nc3CC4)CC2)cc1. The Morgan fingerprint density at radius 3 is 2.59 bits per heavy atom. The van der Waals surface area contributed by atoms with Crippen molar-refractivity contribution < 1.29 is 13.9 Å². The van der Waals surface area contributed by atoms with Crippen molar-refractivity contribution >= 4 is 11.5 Å². The topological polar surface area (TPSA) is 89.9 Å². The molecule has 6 rings (SSSR count). The van der Waals surface area contributed by atoms with Gasteiger partial charge in [0.1, 0.15) is 30.7 Å². The molecular formula is C28H36N8O3. The summed E-state index contributed by atoms with van der Waals surface area (Å²) in [6, 6.07) is 12.1. The van der Waals surface area contributed by atoms with Gasteiger partial charge in [0.2, 0.25) is 5.82 Å². The zero-order valence-electron chi connectivity index (χ0n) is 22.7. The number of ether oxygens (including phenoxy) is 2. The van der Waals surface area contributed by atoms with Crippen LogP contribution in [0.25, 0.3) is 11.6 Å². The quantitative estimate of drug-likeness (QED) is 0.302. The minimum absolute atomic E-state index is 0.567. The van der Waals surface area contributed by atoms with Crippen LogP contribution in [0.2, 0.25) is 0 Å². The van der Waals surface area contributed by atoms with Gasteiger partial charge in [0, 0.05) is 64.6 Å². The van der Waals surface area contributed by atoms with E-state index in [1.807, 2.05) is 35.1 Å². The van der Waals surface area contributed by atoms with E-state index in [1.165, 1.54) is 17.1 Å². The summed E-state index contributed by atoms with van der Waals surface area (Å²) < 4.78 is 20.4. The van der Waals surface area contributed by atoms with Crippen molar-refractivity contribution in [3.8, 4) is 17.3 Å². The van der Waals surface area contributed by atoms with Crippen molar-refractivity contribution in [2.45, 2.75) is 26.1 Å². The highest BCUT2D eigenvalue weighted by Crippen LogP contribution is 2.26. The van der Waals surface area contributed by atoms with E-state index in [4.69, 9.17) is 29.1 Å². The lowest BCUT2D eigenvalue weighted by molar-refractivity contribution is 0.146. The summed E-state index contributed by atoms with van der Waals surface area (Å²) in [5.74, 6) is 4.36. The number of furan rings is 1. The van der Waals surface area contributed by atoms with Gasteiger partial charge in [-0.2, -0.15) is 5.10 Å². The third kappa shape index (κ3) is 5.64. The fourth-order valence-corrected chi connectivity index (χ4v) is 5.36. The normalized spacial score (nSPS) is 16.1. The summed E-state index contributed by atoms with van der Waals surface area (Å²) in [5, 5.41) is 9.49. The molecule has 39 heavy (non-hydrogen) atoms. The molecule has 0 N–H and O–H groups in total. The lowest BCUT2D eigenvalue weighted by Crippen LogP contribution is -2.47. The molecule has 5 heterocycles. The number of aryl methyl sites for hydroxylation is 2. The molecule has 0 atom stereocenters. The van der Waals surface area contributed by atoms with Crippen LogP contribution in [0, 0.1) is 0 Å². The molecule has 1 fully saturated rings. The van der Waals surface area contributed by atoms with Crippen molar-refractivity contribution in [3.05, 3.63) is 60.2 Å². The first-order valence-electron chi connectivity index (χ1n) is 13.6. The van der Waals surface area contributed by atoms with E-state index in [0.29, 0.717) is 31.5 Å². The fraction of sp³-hybridized carbons (Fsp3) is 0.464. The first-order valence-corrected chi connectivity index (χ1v) is 13.6. The van der Waals surface area contributed by atoms with E-state index in [0.717, 1.165) is 63.7 Å². The maximum absolute atomic E-state index is 5.69. The molecule has 2 aliphatic rings. The lowest BCUT2D eigenvalue weighted by atomic mass is 10.1. The number of anilines is 2. The maximum Gasteiger partial charge on any atom is 0.217 e. The summed E-state index contributed by atoms with van der Waals surface area (Å²) in [6.07, 6.45) is 5.38. The number of nitrogens with zero attached hydrogens (tertiary/aromatic N) is 8. The van der Waals surface area contributed by atoms with Crippen LogP contribution in [0.1, 0.15) is 11.4 Å². The van der Waals surface area contributed by atoms with E-state index in [-0.39, 0.29) is 0 Å². The van der Waals surface area contributed by atoms with Crippen LogP contribution < -0.4 is 14.5 Å². The number of rotatable bonds is 9. The van der Waals surface area contributed by atoms with Gasteiger partial charge in [0.15, 0.2) is 5.76 Å². The average Bonchev–Trinajstić information content (AvgIpc) is 3.71. The van der Waals surface area contributed by atoms with Gasteiger partial charge in [-0.15, -0.1) is 5.10 Å². The number of hydrogen-bond donors (Lipinski definition) is 0. The molecule has 206 valence electrons. The van der Waals surface area contributed by atoms with Crippen molar-refractivity contribution in [2.75, 3.05) is 69.9 Å². The molecule has 0 spiro atoms. The Morgan fingerprint density at radius 1 is 0.974 bits per heavy atom. The molecule has 1 saturated heterocycles.